The molecule has 0 radical (unpaired) electrons. The average Bonchev–Trinajstić information content (AvgIpc) is 2.65. The van der Waals surface area contributed by atoms with Gasteiger partial charge in [-0.1, -0.05) is 0 Å². The third-order valence-electron chi connectivity index (χ3n) is 1.82. The Morgan fingerprint density at radius 1 is 1.43 bits per heavy atom. The third kappa shape index (κ3) is 1.56. The van der Waals surface area contributed by atoms with Crippen LogP contribution in [0.15, 0.2) is 24.7 Å². The Morgan fingerprint density at radius 2 is 2.29 bits per heavy atom. The minimum atomic E-state index is 0.367. The van der Waals surface area contributed by atoms with Crippen molar-refractivity contribution in [3.05, 3.63) is 24.7 Å². The molecule has 2 heterocycles. The molecule has 0 aliphatic heterocycles. The molecule has 2 aromatic rings. The molecule has 14 heavy (non-hydrogen) atoms. The van der Waals surface area contributed by atoms with E-state index in [0.717, 1.165) is 11.3 Å². The van der Waals surface area contributed by atoms with Crippen molar-refractivity contribution in [2.45, 2.75) is 0 Å². The summed E-state index contributed by atoms with van der Waals surface area (Å²) in [4.78, 5) is 8.12. The van der Waals surface area contributed by atoms with Gasteiger partial charge in [-0.25, -0.2) is 4.98 Å². The summed E-state index contributed by atoms with van der Waals surface area (Å²) in [6.07, 6.45) is 5.30. The summed E-state index contributed by atoms with van der Waals surface area (Å²) < 4.78 is 6.66. The zero-order valence-corrected chi connectivity index (χ0v) is 8.01. The van der Waals surface area contributed by atoms with Crippen molar-refractivity contribution in [2.24, 2.45) is 7.05 Å². The lowest BCUT2D eigenvalue weighted by Gasteiger charge is -1.98. The van der Waals surface area contributed by atoms with Crippen LogP contribution < -0.4 is 4.74 Å². The highest BCUT2D eigenvalue weighted by Crippen LogP contribution is 2.16. The highest BCUT2D eigenvalue weighted by atomic mass is 16.5. The molecule has 0 saturated heterocycles. The van der Waals surface area contributed by atoms with E-state index in [2.05, 4.69) is 15.1 Å². The molecule has 0 atom stereocenters. The molecule has 0 saturated carbocycles. The highest BCUT2D eigenvalue weighted by Gasteiger charge is 2.03. The van der Waals surface area contributed by atoms with Crippen LogP contribution in [-0.2, 0) is 7.05 Å². The Kier molecular flexibility index (Phi) is 2.14. The number of aromatic nitrogens is 4. The molecular weight excluding hydrogens is 180 g/mol. The predicted molar refractivity (Wildman–Crippen MR) is 50.8 cm³/mol. The Balaban J connectivity index is 2.41. The van der Waals surface area contributed by atoms with E-state index in [1.807, 2.05) is 19.3 Å². The lowest BCUT2D eigenvalue weighted by Crippen LogP contribution is -1.92. The zero-order valence-electron chi connectivity index (χ0n) is 8.01. The summed E-state index contributed by atoms with van der Waals surface area (Å²) in [5, 5.41) is 4.06. The molecule has 0 aliphatic carbocycles. The first kappa shape index (κ1) is 8.68. The molecule has 2 rings (SSSR count). The van der Waals surface area contributed by atoms with E-state index < -0.39 is 0 Å². The first-order valence-corrected chi connectivity index (χ1v) is 4.15. The van der Waals surface area contributed by atoms with Crippen molar-refractivity contribution >= 4 is 0 Å². The van der Waals surface area contributed by atoms with Crippen LogP contribution in [0.5, 0.6) is 6.01 Å². The predicted octanol–water partition coefficient (Wildman–Crippen LogP) is 0.886. The molecule has 0 fully saturated rings. The summed E-state index contributed by atoms with van der Waals surface area (Å²) in [5.41, 5.74) is 1.76. The molecule has 0 N–H and O–H groups in total. The van der Waals surface area contributed by atoms with Crippen LogP contribution in [0.25, 0.3) is 11.3 Å². The Morgan fingerprint density at radius 3 is 2.93 bits per heavy atom. The van der Waals surface area contributed by atoms with E-state index >= 15 is 0 Å². The van der Waals surface area contributed by atoms with E-state index in [4.69, 9.17) is 4.74 Å². The SMILES string of the molecule is COc1nccc(-c2cnn(C)c2)n1. The summed E-state index contributed by atoms with van der Waals surface area (Å²) in [5.74, 6) is 0. The molecule has 0 unspecified atom stereocenters. The fourth-order valence-corrected chi connectivity index (χ4v) is 1.15. The molecule has 5 heteroatoms. The van der Waals surface area contributed by atoms with Crippen LogP contribution in [0.4, 0.5) is 0 Å². The number of hydrogen-bond donors (Lipinski definition) is 0. The number of nitrogens with zero attached hydrogens (tertiary/aromatic N) is 4. The molecule has 5 nitrogen and oxygen atoms in total. The first-order chi connectivity index (χ1) is 6.79. The molecule has 0 aliphatic rings. The smallest absolute Gasteiger partial charge is 0.316 e. The van der Waals surface area contributed by atoms with Gasteiger partial charge >= 0.3 is 6.01 Å². The van der Waals surface area contributed by atoms with Crippen LogP contribution in [-0.4, -0.2) is 26.9 Å². The van der Waals surface area contributed by atoms with Gasteiger partial charge in [0, 0.05) is 25.0 Å². The van der Waals surface area contributed by atoms with Gasteiger partial charge in [-0.2, -0.15) is 10.1 Å². The standard InChI is InChI=1S/C9H10N4O/c1-13-6-7(5-11-13)8-3-4-10-9(12-8)14-2/h3-6H,1-2H3. The molecule has 0 bridgehead atoms. The van der Waals surface area contributed by atoms with Gasteiger partial charge in [0.15, 0.2) is 0 Å². The van der Waals surface area contributed by atoms with Crippen molar-refractivity contribution in [1.29, 1.82) is 0 Å². The van der Waals surface area contributed by atoms with Gasteiger partial charge in [0.1, 0.15) is 0 Å². The van der Waals surface area contributed by atoms with Crippen LogP contribution >= 0.6 is 0 Å². The Labute approximate surface area is 81.4 Å². The van der Waals surface area contributed by atoms with Gasteiger partial charge in [0.05, 0.1) is 19.0 Å². The molecule has 72 valence electrons. The molecule has 2 aromatic heterocycles. The molecular formula is C9H10N4O. The second-order valence-electron chi connectivity index (χ2n) is 2.83. The number of ether oxygens (including phenoxy) is 1. The number of methoxy groups -OCH3 is 1. The minimum Gasteiger partial charge on any atom is -0.467 e. The molecule has 0 aromatic carbocycles. The second kappa shape index (κ2) is 3.45. The van der Waals surface area contributed by atoms with E-state index in [9.17, 15) is 0 Å². The third-order valence-corrected chi connectivity index (χ3v) is 1.82. The van der Waals surface area contributed by atoms with Gasteiger partial charge in [-0.3, -0.25) is 4.68 Å². The van der Waals surface area contributed by atoms with E-state index in [-0.39, 0.29) is 0 Å². The highest BCUT2D eigenvalue weighted by molar-refractivity contribution is 5.56. The summed E-state index contributed by atoms with van der Waals surface area (Å²) >= 11 is 0. The van der Waals surface area contributed by atoms with E-state index in [0.29, 0.717) is 6.01 Å². The fraction of sp³-hybridized carbons (Fsp3) is 0.222. The topological polar surface area (TPSA) is 52.8 Å². The van der Waals surface area contributed by atoms with E-state index in [1.54, 1.807) is 24.2 Å². The Bertz CT molecular complexity index is 438. The van der Waals surface area contributed by atoms with Gasteiger partial charge in [0.2, 0.25) is 0 Å². The van der Waals surface area contributed by atoms with E-state index in [1.165, 1.54) is 0 Å². The van der Waals surface area contributed by atoms with Crippen molar-refractivity contribution in [1.82, 2.24) is 19.7 Å². The monoisotopic (exact) mass is 190 g/mol. The lowest BCUT2D eigenvalue weighted by molar-refractivity contribution is 0.380. The van der Waals surface area contributed by atoms with Gasteiger partial charge in [-0.15, -0.1) is 0 Å². The van der Waals surface area contributed by atoms with Crippen LogP contribution in [0.3, 0.4) is 0 Å². The number of rotatable bonds is 2. The van der Waals surface area contributed by atoms with Crippen molar-refractivity contribution < 1.29 is 4.74 Å². The van der Waals surface area contributed by atoms with Crippen LogP contribution in [0.1, 0.15) is 0 Å². The fourth-order valence-electron chi connectivity index (χ4n) is 1.15. The van der Waals surface area contributed by atoms with Crippen LogP contribution in [0.2, 0.25) is 0 Å². The summed E-state index contributed by atoms with van der Waals surface area (Å²) in [6, 6.07) is 2.19. The minimum absolute atomic E-state index is 0.367. The summed E-state index contributed by atoms with van der Waals surface area (Å²) in [7, 11) is 3.41. The van der Waals surface area contributed by atoms with Crippen molar-refractivity contribution in [3.63, 3.8) is 0 Å². The largest absolute Gasteiger partial charge is 0.467 e. The quantitative estimate of drug-likeness (QED) is 0.705. The average molecular weight is 190 g/mol. The maximum absolute atomic E-state index is 4.93. The first-order valence-electron chi connectivity index (χ1n) is 4.15. The van der Waals surface area contributed by atoms with Gasteiger partial charge < -0.3 is 4.74 Å². The van der Waals surface area contributed by atoms with Crippen LogP contribution in [0, 0.1) is 0 Å². The normalized spacial score (nSPS) is 10.1. The zero-order chi connectivity index (χ0) is 9.97. The molecule has 0 spiro atoms. The second-order valence-corrected chi connectivity index (χ2v) is 2.83. The van der Waals surface area contributed by atoms with Crippen molar-refractivity contribution in [3.8, 4) is 17.3 Å². The lowest BCUT2D eigenvalue weighted by atomic mass is 10.2. The van der Waals surface area contributed by atoms with Gasteiger partial charge in [-0.05, 0) is 6.07 Å². The number of hydrogen-bond acceptors (Lipinski definition) is 4. The maximum atomic E-state index is 4.93. The number of aryl methyl sites for hydroxylation is 1. The maximum Gasteiger partial charge on any atom is 0.316 e. The summed E-state index contributed by atoms with van der Waals surface area (Å²) in [6.45, 7) is 0. The van der Waals surface area contributed by atoms with Gasteiger partial charge in [0.25, 0.3) is 0 Å². The van der Waals surface area contributed by atoms with Crippen molar-refractivity contribution in [2.75, 3.05) is 7.11 Å². The Hall–Kier alpha value is -1.91. The molecule has 0 amide bonds.